The van der Waals surface area contributed by atoms with Crippen molar-refractivity contribution in [2.75, 3.05) is 0 Å². The van der Waals surface area contributed by atoms with Gasteiger partial charge in [0.25, 0.3) is 11.6 Å². The molecule has 1 atom stereocenters. The molecule has 1 saturated heterocycles. The maximum absolute atomic E-state index is 14.5. The molecule has 1 aromatic carbocycles. The van der Waals surface area contributed by atoms with Gasteiger partial charge in [-0.3, -0.25) is 24.6 Å². The predicted molar refractivity (Wildman–Crippen MR) is 107 cm³/mol. The number of nitrogens with zero attached hydrogens (tertiary/aromatic N) is 2. The first-order valence-corrected chi connectivity index (χ1v) is 10.2. The van der Waals surface area contributed by atoms with Crippen LogP contribution in [0.1, 0.15) is 70.2 Å². The molecule has 9 heteroatoms. The van der Waals surface area contributed by atoms with Crippen molar-refractivity contribution in [1.82, 2.24) is 10.2 Å². The van der Waals surface area contributed by atoms with E-state index >= 15 is 0 Å². The minimum Gasteiger partial charge on any atom is -0.351 e. The minimum absolute atomic E-state index is 0.0252. The number of rotatable bonds is 4. The molecule has 2 aliphatic rings. The second kappa shape index (κ2) is 7.94. The van der Waals surface area contributed by atoms with E-state index in [9.17, 15) is 24.1 Å². The third kappa shape index (κ3) is 4.16. The monoisotopic (exact) mass is 421 g/mol. The van der Waals surface area contributed by atoms with Gasteiger partial charge in [-0.1, -0.05) is 19.3 Å². The van der Waals surface area contributed by atoms with Crippen LogP contribution in [0.25, 0.3) is 0 Å². The van der Waals surface area contributed by atoms with Crippen LogP contribution in [0.15, 0.2) is 18.2 Å². The lowest BCUT2D eigenvalue weighted by atomic mass is 9.93. The number of halogens is 1. The number of carbonyl (C=O) groups is 2. The smallest absolute Gasteiger partial charge is 0.270 e. The number of hydrogen-bond acceptors (Lipinski definition) is 5. The third-order valence-electron chi connectivity index (χ3n) is 5.82. The summed E-state index contributed by atoms with van der Waals surface area (Å²) in [6.07, 6.45) is 4.94. The molecule has 1 aliphatic carbocycles. The third-order valence-corrected chi connectivity index (χ3v) is 5.82. The lowest BCUT2D eigenvalue weighted by Crippen LogP contribution is -2.58. The zero-order valence-corrected chi connectivity index (χ0v) is 17.7. The first kappa shape index (κ1) is 22.1. The normalized spacial score (nSPS) is 23.2. The average molecular weight is 421 g/mol. The van der Waals surface area contributed by atoms with Crippen molar-refractivity contribution in [1.29, 1.82) is 0 Å². The number of hydrogen-bond donors (Lipinski definition) is 1. The Balaban J connectivity index is 1.97. The quantitative estimate of drug-likeness (QED) is 0.592. The van der Waals surface area contributed by atoms with Crippen LogP contribution < -0.4 is 5.32 Å². The standard InChI is InChI=1S/C21H28FN3O5/c1-20(2)17(18(26)23-13-8-6-5-7-9-13)24(21(3,4)30-20)19(27)15-12-14(25(28)29)10-11-16(15)22/h10-13,17H,5-9H2,1-4H3,(H,23,26). The fourth-order valence-electron chi connectivity index (χ4n) is 4.61. The van der Waals surface area contributed by atoms with Crippen LogP contribution in [-0.2, 0) is 9.53 Å². The van der Waals surface area contributed by atoms with Crippen molar-refractivity contribution < 1.29 is 23.6 Å². The fourth-order valence-corrected chi connectivity index (χ4v) is 4.61. The Kier molecular flexibility index (Phi) is 5.86. The van der Waals surface area contributed by atoms with Crippen molar-refractivity contribution in [2.45, 2.75) is 83.2 Å². The molecule has 1 aliphatic heterocycles. The summed E-state index contributed by atoms with van der Waals surface area (Å²) < 4.78 is 20.5. The van der Waals surface area contributed by atoms with Crippen molar-refractivity contribution in [3.05, 3.63) is 39.7 Å². The second-order valence-electron chi connectivity index (χ2n) is 8.99. The molecule has 1 aromatic rings. The largest absolute Gasteiger partial charge is 0.351 e. The van der Waals surface area contributed by atoms with Gasteiger partial charge in [0.05, 0.1) is 16.1 Å². The molecule has 30 heavy (non-hydrogen) atoms. The van der Waals surface area contributed by atoms with Crippen LogP contribution >= 0.6 is 0 Å². The number of amides is 2. The molecule has 8 nitrogen and oxygen atoms in total. The molecule has 1 saturated carbocycles. The molecule has 0 radical (unpaired) electrons. The summed E-state index contributed by atoms with van der Waals surface area (Å²) >= 11 is 0. The Morgan fingerprint density at radius 2 is 1.83 bits per heavy atom. The van der Waals surface area contributed by atoms with Crippen molar-refractivity contribution in [3.63, 3.8) is 0 Å². The van der Waals surface area contributed by atoms with E-state index in [0.717, 1.165) is 50.3 Å². The number of nitro benzene ring substituents is 1. The van der Waals surface area contributed by atoms with Gasteiger partial charge in [0.1, 0.15) is 17.6 Å². The summed E-state index contributed by atoms with van der Waals surface area (Å²) in [5.41, 5.74) is -3.12. The van der Waals surface area contributed by atoms with Gasteiger partial charge < -0.3 is 10.1 Å². The van der Waals surface area contributed by atoms with E-state index in [0.29, 0.717) is 0 Å². The lowest BCUT2D eigenvalue weighted by Gasteiger charge is -2.34. The molecule has 0 spiro atoms. The highest BCUT2D eigenvalue weighted by Crippen LogP contribution is 2.41. The van der Waals surface area contributed by atoms with E-state index in [2.05, 4.69) is 5.32 Å². The molecule has 2 amide bonds. The van der Waals surface area contributed by atoms with Gasteiger partial charge in [-0.15, -0.1) is 0 Å². The maximum atomic E-state index is 14.5. The van der Waals surface area contributed by atoms with E-state index < -0.39 is 45.3 Å². The Labute approximate surface area is 174 Å². The summed E-state index contributed by atoms with van der Waals surface area (Å²) in [4.78, 5) is 38.2. The topological polar surface area (TPSA) is 102 Å². The molecule has 0 aromatic heterocycles. The Hall–Kier alpha value is -2.55. The van der Waals surface area contributed by atoms with Crippen LogP contribution in [0.3, 0.4) is 0 Å². The van der Waals surface area contributed by atoms with Gasteiger partial charge in [0, 0.05) is 18.2 Å². The number of ether oxygens (including phenoxy) is 1. The highest BCUT2D eigenvalue weighted by atomic mass is 19.1. The summed E-state index contributed by atoms with van der Waals surface area (Å²) in [5, 5.41) is 14.1. The van der Waals surface area contributed by atoms with Crippen molar-refractivity contribution in [3.8, 4) is 0 Å². The maximum Gasteiger partial charge on any atom is 0.270 e. The van der Waals surface area contributed by atoms with E-state index in [-0.39, 0.29) is 11.9 Å². The molecular weight excluding hydrogens is 393 g/mol. The van der Waals surface area contributed by atoms with Gasteiger partial charge >= 0.3 is 0 Å². The first-order chi connectivity index (χ1) is 13.9. The van der Waals surface area contributed by atoms with Crippen LogP contribution in [-0.4, -0.2) is 45.0 Å². The van der Waals surface area contributed by atoms with Crippen molar-refractivity contribution in [2.24, 2.45) is 0 Å². The molecule has 1 unspecified atom stereocenters. The number of non-ortho nitro benzene ring substituents is 1. The number of nitrogens with one attached hydrogen (secondary N) is 1. The molecule has 164 valence electrons. The first-order valence-electron chi connectivity index (χ1n) is 10.2. The van der Waals surface area contributed by atoms with Crippen molar-refractivity contribution >= 4 is 17.5 Å². The summed E-state index contributed by atoms with van der Waals surface area (Å²) in [6.45, 7) is 6.65. The summed E-state index contributed by atoms with van der Waals surface area (Å²) in [6, 6.07) is 1.79. The second-order valence-corrected chi connectivity index (χ2v) is 8.99. The zero-order chi connectivity index (χ0) is 22.3. The highest BCUT2D eigenvalue weighted by Gasteiger charge is 2.57. The van der Waals surface area contributed by atoms with Gasteiger partial charge in [0.15, 0.2) is 0 Å². The zero-order valence-electron chi connectivity index (χ0n) is 17.7. The molecule has 0 bridgehead atoms. The van der Waals surface area contributed by atoms with Crippen LogP contribution in [0.5, 0.6) is 0 Å². The lowest BCUT2D eigenvalue weighted by molar-refractivity contribution is -0.384. The van der Waals surface area contributed by atoms with E-state index in [1.54, 1.807) is 27.7 Å². The van der Waals surface area contributed by atoms with E-state index in [1.165, 1.54) is 4.90 Å². The Morgan fingerprint density at radius 3 is 2.43 bits per heavy atom. The fraction of sp³-hybridized carbons (Fsp3) is 0.619. The Bertz CT molecular complexity index is 864. The van der Waals surface area contributed by atoms with Crippen LogP contribution in [0.4, 0.5) is 10.1 Å². The SMILES string of the molecule is CC1(C)OC(C)(C)N(C(=O)c2cc([N+](=O)[O-])ccc2F)C1C(=O)NC1CCCCC1. The number of benzene rings is 1. The van der Waals surface area contributed by atoms with Gasteiger partial charge in [0.2, 0.25) is 5.91 Å². The minimum atomic E-state index is -1.22. The van der Waals surface area contributed by atoms with Gasteiger partial charge in [-0.05, 0) is 46.6 Å². The molecule has 2 fully saturated rings. The van der Waals surface area contributed by atoms with Crippen LogP contribution in [0, 0.1) is 15.9 Å². The highest BCUT2D eigenvalue weighted by molar-refractivity contribution is 5.99. The van der Waals surface area contributed by atoms with Gasteiger partial charge in [-0.2, -0.15) is 0 Å². The van der Waals surface area contributed by atoms with E-state index in [4.69, 9.17) is 4.74 Å². The Morgan fingerprint density at radius 1 is 1.20 bits per heavy atom. The molecule has 1 N–H and O–H groups in total. The number of carbonyl (C=O) groups excluding carboxylic acids is 2. The molecule has 1 heterocycles. The predicted octanol–water partition coefficient (Wildman–Crippen LogP) is 3.54. The van der Waals surface area contributed by atoms with E-state index in [1.807, 2.05) is 0 Å². The van der Waals surface area contributed by atoms with Crippen LogP contribution in [0.2, 0.25) is 0 Å². The molecule has 3 rings (SSSR count). The van der Waals surface area contributed by atoms with Gasteiger partial charge in [-0.25, -0.2) is 4.39 Å². The molecular formula is C21H28FN3O5. The number of nitro groups is 1. The summed E-state index contributed by atoms with van der Waals surface area (Å²) in [5.74, 6) is -2.08. The summed E-state index contributed by atoms with van der Waals surface area (Å²) in [7, 11) is 0. The average Bonchev–Trinajstić information content (AvgIpc) is 2.85.